The Hall–Kier alpha value is -2.82. The number of hydrogen-bond donors (Lipinski definition) is 0. The van der Waals surface area contributed by atoms with Crippen LogP contribution in [0.2, 0.25) is 0 Å². The van der Waals surface area contributed by atoms with Gasteiger partial charge < -0.3 is 9.47 Å². The molecule has 0 amide bonds. The third-order valence-corrected chi connectivity index (χ3v) is 12.0. The van der Waals surface area contributed by atoms with Crippen molar-refractivity contribution in [3.63, 3.8) is 0 Å². The lowest BCUT2D eigenvalue weighted by atomic mass is 9.84. The summed E-state index contributed by atoms with van der Waals surface area (Å²) in [5, 5.41) is 11.3. The lowest BCUT2D eigenvalue weighted by molar-refractivity contribution is 0.0917. The zero-order valence-corrected chi connectivity index (χ0v) is 25.8. The van der Waals surface area contributed by atoms with E-state index in [4.69, 9.17) is 4.98 Å². The standard InChI is InChI=1S/C35H44N6S/c1-25-38-33-13-7-8-14-34(33)41(25)31-22-28-15-16-29(23-31)39(28)20-18-30-21-27(26-9-3-2-4-10-26)17-19-40(30)35(37-24-36)42-32-11-5-6-12-32/h2-4,7-10,13-14,27-32H,5-6,11-12,15-23H2,1H3. The van der Waals surface area contributed by atoms with E-state index >= 15 is 0 Å². The first-order chi connectivity index (χ1) is 20.7. The molecule has 3 saturated heterocycles. The number of para-hydroxylation sites is 2. The maximum absolute atomic E-state index is 9.67. The minimum atomic E-state index is 0.418. The van der Waals surface area contributed by atoms with E-state index in [2.05, 4.69) is 87.1 Å². The van der Waals surface area contributed by atoms with Crippen molar-refractivity contribution >= 4 is 28.0 Å². The van der Waals surface area contributed by atoms with Gasteiger partial charge in [-0.05, 0) is 88.3 Å². The number of hydrogen-bond acceptors (Lipinski definition) is 5. The maximum atomic E-state index is 9.67. The van der Waals surface area contributed by atoms with Crippen LogP contribution in [0.3, 0.4) is 0 Å². The number of thioether (sulfide) groups is 1. The molecular formula is C35H44N6S. The largest absolute Gasteiger partial charge is 0.347 e. The van der Waals surface area contributed by atoms with Gasteiger partial charge in [0.25, 0.3) is 0 Å². The Morgan fingerprint density at radius 3 is 2.43 bits per heavy atom. The third-order valence-electron chi connectivity index (χ3n) is 10.7. The molecule has 4 atom stereocenters. The van der Waals surface area contributed by atoms with Crippen molar-refractivity contribution in [2.24, 2.45) is 4.99 Å². The molecule has 4 heterocycles. The van der Waals surface area contributed by atoms with Gasteiger partial charge in [0.15, 0.2) is 5.17 Å². The molecule has 1 saturated carbocycles. The van der Waals surface area contributed by atoms with Crippen LogP contribution in [-0.4, -0.2) is 61.0 Å². The highest BCUT2D eigenvalue weighted by molar-refractivity contribution is 8.14. The molecule has 1 aromatic heterocycles. The number of aromatic nitrogens is 2. The topological polar surface area (TPSA) is 60.5 Å². The molecule has 2 aromatic carbocycles. The Bertz CT molecular complexity index is 1420. The number of aliphatic imine (C=N–C) groups is 1. The summed E-state index contributed by atoms with van der Waals surface area (Å²) < 4.78 is 2.54. The van der Waals surface area contributed by atoms with E-state index in [9.17, 15) is 5.26 Å². The summed E-state index contributed by atoms with van der Waals surface area (Å²) in [6.45, 7) is 4.31. The summed E-state index contributed by atoms with van der Waals surface area (Å²) in [6, 6.07) is 22.0. The molecule has 42 heavy (non-hydrogen) atoms. The Morgan fingerprint density at radius 2 is 1.67 bits per heavy atom. The average molecular weight is 581 g/mol. The number of likely N-dealkylation sites (tertiary alicyclic amines) is 1. The van der Waals surface area contributed by atoms with Crippen molar-refractivity contribution in [2.45, 2.75) is 113 Å². The average Bonchev–Trinajstić information content (AvgIpc) is 3.71. The van der Waals surface area contributed by atoms with Crippen LogP contribution in [0.5, 0.6) is 0 Å². The van der Waals surface area contributed by atoms with Crippen LogP contribution in [0, 0.1) is 18.4 Å². The summed E-state index contributed by atoms with van der Waals surface area (Å²) in [7, 11) is 0. The third kappa shape index (κ3) is 5.61. The number of amidine groups is 1. The van der Waals surface area contributed by atoms with E-state index in [0.717, 1.165) is 48.9 Å². The van der Waals surface area contributed by atoms with Gasteiger partial charge in [-0.15, -0.1) is 4.99 Å². The number of rotatable bonds is 6. The van der Waals surface area contributed by atoms with E-state index in [1.165, 1.54) is 62.4 Å². The Balaban J connectivity index is 1.07. The fourth-order valence-electron chi connectivity index (χ4n) is 8.71. The zero-order chi connectivity index (χ0) is 28.5. The summed E-state index contributed by atoms with van der Waals surface area (Å²) in [6.07, 6.45) is 15.8. The molecule has 0 spiro atoms. The van der Waals surface area contributed by atoms with Crippen LogP contribution in [0.4, 0.5) is 0 Å². The maximum Gasteiger partial charge on any atom is 0.208 e. The summed E-state index contributed by atoms with van der Waals surface area (Å²) in [5.74, 6) is 1.73. The van der Waals surface area contributed by atoms with Crippen LogP contribution in [0.1, 0.15) is 94.0 Å². The predicted molar refractivity (Wildman–Crippen MR) is 173 cm³/mol. The SMILES string of the molecule is Cc1nc2ccccc2n1C1CC2CCC(C1)N2CCC1CC(c2ccccc2)CCN1C(=NC#N)SC1CCCC1. The molecule has 3 aromatic rings. The predicted octanol–water partition coefficient (Wildman–Crippen LogP) is 7.66. The van der Waals surface area contributed by atoms with E-state index in [1.54, 1.807) is 0 Å². The second kappa shape index (κ2) is 12.4. The molecule has 0 radical (unpaired) electrons. The first-order valence-corrected chi connectivity index (χ1v) is 17.2. The van der Waals surface area contributed by atoms with Gasteiger partial charge in [-0.2, -0.15) is 5.26 Å². The summed E-state index contributed by atoms with van der Waals surface area (Å²) in [4.78, 5) is 14.8. The first-order valence-electron chi connectivity index (χ1n) is 16.3. The van der Waals surface area contributed by atoms with Gasteiger partial charge in [0.2, 0.25) is 6.19 Å². The van der Waals surface area contributed by atoms with Gasteiger partial charge in [-0.3, -0.25) is 4.90 Å². The van der Waals surface area contributed by atoms with Crippen molar-refractivity contribution in [1.29, 1.82) is 5.26 Å². The molecular weight excluding hydrogens is 536 g/mol. The van der Waals surface area contributed by atoms with Gasteiger partial charge in [0, 0.05) is 42.5 Å². The number of piperidine rings is 2. The van der Waals surface area contributed by atoms with Crippen LogP contribution in [-0.2, 0) is 0 Å². The number of aryl methyl sites for hydroxylation is 1. The summed E-state index contributed by atoms with van der Waals surface area (Å²) >= 11 is 1.89. The van der Waals surface area contributed by atoms with Crippen molar-refractivity contribution in [1.82, 2.24) is 19.4 Å². The smallest absolute Gasteiger partial charge is 0.208 e. The second-order valence-electron chi connectivity index (χ2n) is 13.1. The second-order valence-corrected chi connectivity index (χ2v) is 14.3. The normalized spacial score (nSPS) is 28.9. The molecule has 7 rings (SSSR count). The fourth-order valence-corrected chi connectivity index (χ4v) is 10.0. The Labute approximate surface area is 255 Å². The zero-order valence-electron chi connectivity index (χ0n) is 24.9. The van der Waals surface area contributed by atoms with E-state index in [0.29, 0.717) is 35.3 Å². The first kappa shape index (κ1) is 28.0. The fraction of sp³-hybridized carbons (Fsp3) is 0.571. The highest BCUT2D eigenvalue weighted by Gasteiger charge is 2.42. The number of nitrogens with zero attached hydrogens (tertiary/aromatic N) is 6. The highest BCUT2D eigenvalue weighted by Crippen LogP contribution is 2.43. The number of nitriles is 1. The number of imidazole rings is 1. The lowest BCUT2D eigenvalue weighted by Crippen LogP contribution is -2.49. The molecule has 220 valence electrons. The van der Waals surface area contributed by atoms with Gasteiger partial charge in [0.05, 0.1) is 11.0 Å². The Morgan fingerprint density at radius 1 is 0.929 bits per heavy atom. The molecule has 7 heteroatoms. The van der Waals surface area contributed by atoms with Crippen molar-refractivity contribution < 1.29 is 0 Å². The van der Waals surface area contributed by atoms with E-state index in [-0.39, 0.29) is 0 Å². The molecule has 4 aliphatic rings. The van der Waals surface area contributed by atoms with E-state index in [1.807, 2.05) is 11.8 Å². The molecule has 0 N–H and O–H groups in total. The van der Waals surface area contributed by atoms with Gasteiger partial charge >= 0.3 is 0 Å². The molecule has 3 aliphatic heterocycles. The highest BCUT2D eigenvalue weighted by atomic mass is 32.2. The van der Waals surface area contributed by atoms with Crippen molar-refractivity contribution in [3.05, 3.63) is 66.0 Å². The minimum Gasteiger partial charge on any atom is -0.347 e. The van der Waals surface area contributed by atoms with Crippen LogP contribution >= 0.6 is 11.8 Å². The molecule has 6 nitrogen and oxygen atoms in total. The van der Waals surface area contributed by atoms with Crippen LogP contribution in [0.15, 0.2) is 59.6 Å². The summed E-state index contributed by atoms with van der Waals surface area (Å²) in [5.41, 5.74) is 3.88. The quantitative estimate of drug-likeness (QED) is 0.170. The van der Waals surface area contributed by atoms with Gasteiger partial charge in [-0.1, -0.05) is 67.1 Å². The molecule has 4 fully saturated rings. The van der Waals surface area contributed by atoms with Gasteiger partial charge in [-0.25, -0.2) is 4.98 Å². The van der Waals surface area contributed by atoms with Crippen molar-refractivity contribution in [2.75, 3.05) is 13.1 Å². The monoisotopic (exact) mass is 580 g/mol. The molecule has 1 aliphatic carbocycles. The van der Waals surface area contributed by atoms with Gasteiger partial charge in [0.1, 0.15) is 5.82 Å². The number of fused-ring (bicyclic) bond motifs is 3. The Kier molecular flexibility index (Phi) is 8.28. The minimum absolute atomic E-state index is 0.418. The molecule has 4 unspecified atom stereocenters. The molecule has 2 bridgehead atoms. The van der Waals surface area contributed by atoms with Crippen LogP contribution in [0.25, 0.3) is 11.0 Å². The van der Waals surface area contributed by atoms with E-state index < -0.39 is 0 Å². The van der Waals surface area contributed by atoms with Crippen LogP contribution < -0.4 is 0 Å². The van der Waals surface area contributed by atoms with Crippen molar-refractivity contribution in [3.8, 4) is 6.19 Å². The lowest BCUT2D eigenvalue weighted by Gasteiger charge is -2.44. The number of benzene rings is 2.